The molecule has 0 spiro atoms. The molecule has 2 aliphatic heterocycles. The number of carbonyl (C=O) groups is 1. The van der Waals surface area contributed by atoms with E-state index in [1.54, 1.807) is 4.57 Å². The Bertz CT molecular complexity index is 1140. The van der Waals surface area contributed by atoms with Gasteiger partial charge in [-0.1, -0.05) is 30.7 Å². The highest BCUT2D eigenvalue weighted by Crippen LogP contribution is 2.18. The van der Waals surface area contributed by atoms with Crippen molar-refractivity contribution in [3.63, 3.8) is 0 Å². The molecule has 8 nitrogen and oxygen atoms in total. The Hall–Kier alpha value is -3.00. The summed E-state index contributed by atoms with van der Waals surface area (Å²) in [5, 5.41) is 5.60. The van der Waals surface area contributed by atoms with Gasteiger partial charge >= 0.3 is 5.69 Å². The van der Waals surface area contributed by atoms with Gasteiger partial charge in [0.1, 0.15) is 12.4 Å². The van der Waals surface area contributed by atoms with Gasteiger partial charge in [0.2, 0.25) is 5.91 Å². The van der Waals surface area contributed by atoms with E-state index in [2.05, 4.69) is 39.2 Å². The predicted molar refractivity (Wildman–Crippen MR) is 118 cm³/mol. The highest BCUT2D eigenvalue weighted by Gasteiger charge is 2.24. The summed E-state index contributed by atoms with van der Waals surface area (Å²) in [6.45, 7) is 4.52. The van der Waals surface area contributed by atoms with Crippen LogP contribution in [0, 0.1) is 0 Å². The highest BCUT2D eigenvalue weighted by atomic mass is 16.2. The van der Waals surface area contributed by atoms with Crippen LogP contribution in [0.25, 0.3) is 10.9 Å². The van der Waals surface area contributed by atoms with Crippen LogP contribution in [0.2, 0.25) is 0 Å². The summed E-state index contributed by atoms with van der Waals surface area (Å²) in [5.41, 5.74) is 2.11. The molecule has 3 aromatic rings. The molecule has 2 aliphatic rings. The van der Waals surface area contributed by atoms with Crippen molar-refractivity contribution in [2.24, 2.45) is 0 Å². The lowest BCUT2D eigenvalue weighted by atomic mass is 10.1. The van der Waals surface area contributed by atoms with E-state index in [-0.39, 0.29) is 18.1 Å². The Labute approximate surface area is 181 Å². The van der Waals surface area contributed by atoms with Gasteiger partial charge in [0.25, 0.3) is 0 Å². The molecule has 0 aliphatic carbocycles. The van der Waals surface area contributed by atoms with E-state index in [9.17, 15) is 9.59 Å². The van der Waals surface area contributed by atoms with Crippen LogP contribution in [-0.4, -0.2) is 61.2 Å². The van der Waals surface area contributed by atoms with Crippen LogP contribution in [-0.2, 0) is 30.8 Å². The minimum Gasteiger partial charge on any atom is -0.339 e. The molecule has 162 valence electrons. The molecule has 1 fully saturated rings. The maximum atomic E-state index is 12.8. The number of amides is 1. The van der Waals surface area contributed by atoms with Crippen LogP contribution in [0.1, 0.15) is 30.7 Å². The number of rotatable bonds is 4. The van der Waals surface area contributed by atoms with Gasteiger partial charge in [-0.15, -0.1) is 0 Å². The Morgan fingerprint density at radius 3 is 2.68 bits per heavy atom. The van der Waals surface area contributed by atoms with E-state index in [1.165, 1.54) is 10.2 Å². The number of fused-ring (bicyclic) bond motifs is 2. The van der Waals surface area contributed by atoms with Crippen LogP contribution < -0.4 is 5.69 Å². The fraction of sp³-hybridized carbons (Fsp3) is 0.478. The highest BCUT2D eigenvalue weighted by molar-refractivity contribution is 5.81. The van der Waals surface area contributed by atoms with E-state index < -0.39 is 0 Å². The number of nitrogens with zero attached hydrogens (tertiary/aromatic N) is 6. The quantitative estimate of drug-likeness (QED) is 0.642. The van der Waals surface area contributed by atoms with Crippen molar-refractivity contribution in [1.82, 2.24) is 29.1 Å². The van der Waals surface area contributed by atoms with Crippen molar-refractivity contribution in [3.05, 3.63) is 58.4 Å². The number of pyridine rings is 1. The van der Waals surface area contributed by atoms with Gasteiger partial charge < -0.3 is 4.90 Å². The second kappa shape index (κ2) is 8.63. The van der Waals surface area contributed by atoms with Crippen LogP contribution in [0.3, 0.4) is 0 Å². The molecule has 0 unspecified atom stereocenters. The van der Waals surface area contributed by atoms with Gasteiger partial charge in [-0.25, -0.2) is 9.48 Å². The first-order valence-electron chi connectivity index (χ1n) is 11.2. The number of carbonyl (C=O) groups excluding carboxylic acids is 1. The molecule has 0 radical (unpaired) electrons. The molecule has 2 aromatic heterocycles. The first kappa shape index (κ1) is 19.9. The second-order valence-electron chi connectivity index (χ2n) is 8.47. The topological polar surface area (TPSA) is 76.3 Å². The molecule has 8 heteroatoms. The zero-order valence-electron chi connectivity index (χ0n) is 17.7. The lowest BCUT2D eigenvalue weighted by molar-refractivity contribution is -0.133. The van der Waals surface area contributed by atoms with E-state index in [0.717, 1.165) is 62.0 Å². The molecular weight excluding hydrogens is 392 g/mol. The molecule has 0 saturated carbocycles. The molecule has 0 N–H and O–H groups in total. The maximum absolute atomic E-state index is 12.8. The SMILES string of the molecule is O=C(Cn1nc2n(c1=O)CCCCC2)N1CCN(Cc2cccc3cccnc23)CC1. The minimum absolute atomic E-state index is 0.0261. The number of aromatic nitrogens is 4. The van der Waals surface area contributed by atoms with Gasteiger partial charge in [0.15, 0.2) is 0 Å². The number of para-hydroxylation sites is 1. The Morgan fingerprint density at radius 2 is 1.81 bits per heavy atom. The molecule has 1 aromatic carbocycles. The predicted octanol–water partition coefficient (Wildman–Crippen LogP) is 1.66. The molecule has 4 heterocycles. The molecular formula is C23H28N6O2. The van der Waals surface area contributed by atoms with Crippen molar-refractivity contribution >= 4 is 16.8 Å². The first-order chi connectivity index (χ1) is 15.2. The van der Waals surface area contributed by atoms with Crippen LogP contribution in [0.15, 0.2) is 41.3 Å². The molecule has 0 bridgehead atoms. The number of hydrogen-bond acceptors (Lipinski definition) is 5. The minimum atomic E-state index is -0.146. The average Bonchev–Trinajstić information content (AvgIpc) is 2.95. The Kier molecular flexibility index (Phi) is 5.55. The normalized spacial score (nSPS) is 17.5. The van der Waals surface area contributed by atoms with Gasteiger partial charge in [-0.3, -0.25) is 19.2 Å². The number of aryl methyl sites for hydroxylation is 1. The summed E-state index contributed by atoms with van der Waals surface area (Å²) < 4.78 is 3.10. The van der Waals surface area contributed by atoms with Gasteiger partial charge in [-0.05, 0) is 24.5 Å². The zero-order chi connectivity index (χ0) is 21.2. The molecule has 5 rings (SSSR count). The largest absolute Gasteiger partial charge is 0.346 e. The molecule has 31 heavy (non-hydrogen) atoms. The standard InChI is InChI=1S/C23H28N6O2/c30-21(17-29-23(31)28-11-3-1-2-9-20(28)25-29)27-14-12-26(13-15-27)16-19-7-4-6-18-8-5-10-24-22(18)19/h4-8,10H,1-3,9,11-17H2. The van der Waals surface area contributed by atoms with Gasteiger partial charge in [0, 0.05) is 57.3 Å². The molecule has 1 saturated heterocycles. The van der Waals surface area contributed by atoms with Crippen molar-refractivity contribution in [2.45, 2.75) is 45.3 Å². The third kappa shape index (κ3) is 4.12. The summed E-state index contributed by atoms with van der Waals surface area (Å²) in [7, 11) is 0. The maximum Gasteiger partial charge on any atom is 0.346 e. The van der Waals surface area contributed by atoms with Crippen LogP contribution in [0.4, 0.5) is 0 Å². The van der Waals surface area contributed by atoms with Crippen LogP contribution in [0.5, 0.6) is 0 Å². The third-order valence-corrected chi connectivity index (χ3v) is 6.40. The summed E-state index contributed by atoms with van der Waals surface area (Å²) in [4.78, 5) is 34.2. The number of piperazine rings is 1. The van der Waals surface area contributed by atoms with Gasteiger partial charge in [0.05, 0.1) is 5.52 Å². The van der Waals surface area contributed by atoms with E-state index in [4.69, 9.17) is 0 Å². The summed E-state index contributed by atoms with van der Waals surface area (Å²) >= 11 is 0. The lowest BCUT2D eigenvalue weighted by Gasteiger charge is -2.34. The summed E-state index contributed by atoms with van der Waals surface area (Å²) in [5.74, 6) is 0.797. The van der Waals surface area contributed by atoms with E-state index in [0.29, 0.717) is 19.6 Å². The average molecular weight is 421 g/mol. The Morgan fingerprint density at radius 1 is 0.968 bits per heavy atom. The lowest BCUT2D eigenvalue weighted by Crippen LogP contribution is -2.49. The van der Waals surface area contributed by atoms with Crippen molar-refractivity contribution < 1.29 is 4.79 Å². The van der Waals surface area contributed by atoms with Crippen molar-refractivity contribution in [3.8, 4) is 0 Å². The fourth-order valence-corrected chi connectivity index (χ4v) is 4.65. The monoisotopic (exact) mass is 420 g/mol. The molecule has 0 atom stereocenters. The molecule has 1 amide bonds. The third-order valence-electron chi connectivity index (χ3n) is 6.40. The van der Waals surface area contributed by atoms with Crippen molar-refractivity contribution in [1.29, 1.82) is 0 Å². The summed E-state index contributed by atoms with van der Waals surface area (Å²) in [6, 6.07) is 10.3. The van der Waals surface area contributed by atoms with E-state index in [1.807, 2.05) is 17.2 Å². The van der Waals surface area contributed by atoms with E-state index >= 15 is 0 Å². The van der Waals surface area contributed by atoms with Crippen LogP contribution >= 0.6 is 0 Å². The zero-order valence-corrected chi connectivity index (χ0v) is 17.7. The fourth-order valence-electron chi connectivity index (χ4n) is 4.65. The Balaban J connectivity index is 1.20. The second-order valence-corrected chi connectivity index (χ2v) is 8.47. The smallest absolute Gasteiger partial charge is 0.339 e. The van der Waals surface area contributed by atoms with Crippen molar-refractivity contribution in [2.75, 3.05) is 26.2 Å². The summed E-state index contributed by atoms with van der Waals surface area (Å²) in [6.07, 6.45) is 5.83. The first-order valence-corrected chi connectivity index (χ1v) is 11.2. The van der Waals surface area contributed by atoms with Gasteiger partial charge in [-0.2, -0.15) is 5.10 Å². The number of hydrogen-bond donors (Lipinski definition) is 0. The number of benzene rings is 1.